The predicted octanol–water partition coefficient (Wildman–Crippen LogP) is 1.69. The third-order valence-corrected chi connectivity index (χ3v) is 2.56. The number of halogens is 1. The van der Waals surface area contributed by atoms with Gasteiger partial charge in [-0.3, -0.25) is 0 Å². The van der Waals surface area contributed by atoms with Gasteiger partial charge in [0, 0.05) is 13.1 Å². The van der Waals surface area contributed by atoms with E-state index in [0.29, 0.717) is 18.9 Å². The van der Waals surface area contributed by atoms with E-state index in [9.17, 15) is 4.39 Å². The summed E-state index contributed by atoms with van der Waals surface area (Å²) in [4.78, 5) is 2.01. The number of hydrogen-bond donors (Lipinski definition) is 1. The van der Waals surface area contributed by atoms with Gasteiger partial charge in [0.05, 0.1) is 13.2 Å². The number of aliphatic hydroxyl groups is 1. The molecule has 3 nitrogen and oxygen atoms in total. The molecule has 1 rings (SSSR count). The zero-order valence-electron chi connectivity index (χ0n) is 10.4. The maximum Gasteiger partial charge on any atom is 0.165 e. The van der Waals surface area contributed by atoms with Crippen LogP contribution in [-0.2, 0) is 6.42 Å². The van der Waals surface area contributed by atoms with Crippen LogP contribution < -0.4 is 4.74 Å². The van der Waals surface area contributed by atoms with E-state index in [4.69, 9.17) is 9.84 Å². The molecule has 0 bridgehead atoms. The lowest BCUT2D eigenvalue weighted by atomic mass is 10.1. The highest BCUT2D eigenvalue weighted by atomic mass is 19.1. The summed E-state index contributed by atoms with van der Waals surface area (Å²) < 4.78 is 18.7. The summed E-state index contributed by atoms with van der Waals surface area (Å²) in [6.45, 7) is 3.88. The third kappa shape index (κ3) is 4.71. The van der Waals surface area contributed by atoms with Gasteiger partial charge in [-0.2, -0.15) is 0 Å². The highest BCUT2D eigenvalue weighted by Gasteiger charge is 2.05. The molecule has 1 aromatic carbocycles. The minimum absolute atomic E-state index is 0.147. The van der Waals surface area contributed by atoms with Crippen LogP contribution in [0, 0.1) is 5.82 Å². The van der Waals surface area contributed by atoms with Gasteiger partial charge < -0.3 is 14.7 Å². The zero-order chi connectivity index (χ0) is 12.7. The van der Waals surface area contributed by atoms with Crippen LogP contribution in [0.15, 0.2) is 18.2 Å². The molecule has 0 radical (unpaired) electrons. The Morgan fingerprint density at radius 2 is 2.12 bits per heavy atom. The summed E-state index contributed by atoms with van der Waals surface area (Å²) in [5, 5.41) is 8.76. The molecule has 0 heterocycles. The number of benzene rings is 1. The van der Waals surface area contributed by atoms with Gasteiger partial charge in [-0.05, 0) is 38.1 Å². The summed E-state index contributed by atoms with van der Waals surface area (Å²) >= 11 is 0. The molecule has 1 aromatic rings. The van der Waals surface area contributed by atoms with Crippen molar-refractivity contribution in [3.05, 3.63) is 29.6 Å². The molecule has 0 amide bonds. The van der Waals surface area contributed by atoms with Crippen molar-refractivity contribution < 1.29 is 14.2 Å². The SMILES string of the molecule is CCOc1ccc(CCN(C)CCO)cc1F. The van der Waals surface area contributed by atoms with Crippen molar-refractivity contribution in [3.63, 3.8) is 0 Å². The van der Waals surface area contributed by atoms with E-state index < -0.39 is 0 Å². The van der Waals surface area contributed by atoms with E-state index in [0.717, 1.165) is 18.5 Å². The Hall–Kier alpha value is -1.13. The summed E-state index contributed by atoms with van der Waals surface area (Å²) in [7, 11) is 1.93. The first kappa shape index (κ1) is 13.9. The summed E-state index contributed by atoms with van der Waals surface area (Å²) in [6, 6.07) is 5.05. The van der Waals surface area contributed by atoms with Crippen molar-refractivity contribution in [3.8, 4) is 5.75 Å². The molecule has 96 valence electrons. The lowest BCUT2D eigenvalue weighted by Gasteiger charge is -2.15. The van der Waals surface area contributed by atoms with Crippen LogP contribution in [-0.4, -0.2) is 43.4 Å². The van der Waals surface area contributed by atoms with E-state index >= 15 is 0 Å². The predicted molar refractivity (Wildman–Crippen MR) is 65.9 cm³/mol. The standard InChI is InChI=1S/C13H20FNO2/c1-3-17-13-5-4-11(10-12(13)14)6-7-15(2)8-9-16/h4-5,10,16H,3,6-9H2,1-2H3. The maximum absolute atomic E-state index is 13.5. The van der Waals surface area contributed by atoms with Crippen LogP contribution in [0.4, 0.5) is 4.39 Å². The lowest BCUT2D eigenvalue weighted by Crippen LogP contribution is -2.24. The van der Waals surface area contributed by atoms with E-state index in [1.54, 1.807) is 6.07 Å². The largest absolute Gasteiger partial charge is 0.491 e. The molecule has 0 spiro atoms. The monoisotopic (exact) mass is 241 g/mol. The molecular weight excluding hydrogens is 221 g/mol. The molecular formula is C13H20FNO2. The summed E-state index contributed by atoms with van der Waals surface area (Å²) in [5.74, 6) is -0.00544. The number of ether oxygens (including phenoxy) is 1. The van der Waals surface area contributed by atoms with E-state index in [1.807, 2.05) is 24.9 Å². The molecule has 0 fully saturated rings. The molecule has 0 saturated carbocycles. The molecule has 1 N–H and O–H groups in total. The smallest absolute Gasteiger partial charge is 0.165 e. The van der Waals surface area contributed by atoms with Gasteiger partial charge in [0.25, 0.3) is 0 Å². The van der Waals surface area contributed by atoms with Gasteiger partial charge in [0.1, 0.15) is 0 Å². The second-order valence-corrected chi connectivity index (χ2v) is 3.97. The minimum atomic E-state index is -0.311. The molecule has 4 heteroatoms. The van der Waals surface area contributed by atoms with Crippen LogP contribution in [0.3, 0.4) is 0 Å². The first-order valence-electron chi connectivity index (χ1n) is 5.88. The molecule has 0 aliphatic rings. The number of rotatable bonds is 7. The van der Waals surface area contributed by atoms with Crippen molar-refractivity contribution in [2.75, 3.05) is 33.4 Å². The van der Waals surface area contributed by atoms with Crippen LogP contribution in [0.25, 0.3) is 0 Å². The molecule has 0 unspecified atom stereocenters. The fraction of sp³-hybridized carbons (Fsp3) is 0.538. The summed E-state index contributed by atoms with van der Waals surface area (Å²) in [6.07, 6.45) is 0.764. The average Bonchev–Trinajstić information content (AvgIpc) is 2.30. The number of hydrogen-bond acceptors (Lipinski definition) is 3. The lowest BCUT2D eigenvalue weighted by molar-refractivity contribution is 0.223. The van der Waals surface area contributed by atoms with Crippen molar-refractivity contribution >= 4 is 0 Å². The van der Waals surface area contributed by atoms with Gasteiger partial charge in [-0.25, -0.2) is 4.39 Å². The van der Waals surface area contributed by atoms with Gasteiger partial charge in [0.2, 0.25) is 0 Å². The molecule has 0 saturated heterocycles. The molecule has 0 aliphatic carbocycles. The first-order chi connectivity index (χ1) is 8.17. The highest BCUT2D eigenvalue weighted by molar-refractivity contribution is 5.29. The number of likely N-dealkylation sites (N-methyl/N-ethyl adjacent to an activating group) is 1. The van der Waals surface area contributed by atoms with Crippen molar-refractivity contribution in [1.29, 1.82) is 0 Å². The van der Waals surface area contributed by atoms with Gasteiger partial charge in [-0.1, -0.05) is 6.07 Å². The Bertz CT molecular complexity index is 344. The third-order valence-electron chi connectivity index (χ3n) is 2.56. The fourth-order valence-electron chi connectivity index (χ4n) is 1.57. The quantitative estimate of drug-likeness (QED) is 0.788. The van der Waals surface area contributed by atoms with E-state index in [-0.39, 0.29) is 12.4 Å². The molecule has 0 atom stereocenters. The summed E-state index contributed by atoms with van der Waals surface area (Å²) in [5.41, 5.74) is 0.941. The Labute approximate surface area is 102 Å². The van der Waals surface area contributed by atoms with Crippen molar-refractivity contribution in [1.82, 2.24) is 4.90 Å². The second kappa shape index (κ2) is 7.25. The maximum atomic E-state index is 13.5. The number of nitrogens with zero attached hydrogens (tertiary/aromatic N) is 1. The van der Waals surface area contributed by atoms with Gasteiger partial charge in [0.15, 0.2) is 11.6 Å². The normalized spacial score (nSPS) is 10.9. The topological polar surface area (TPSA) is 32.7 Å². The molecule has 0 aromatic heterocycles. The minimum Gasteiger partial charge on any atom is -0.491 e. The fourth-order valence-corrected chi connectivity index (χ4v) is 1.57. The van der Waals surface area contributed by atoms with Crippen LogP contribution in [0.2, 0.25) is 0 Å². The van der Waals surface area contributed by atoms with Crippen molar-refractivity contribution in [2.45, 2.75) is 13.3 Å². The Balaban J connectivity index is 2.52. The first-order valence-corrected chi connectivity index (χ1v) is 5.88. The van der Waals surface area contributed by atoms with E-state index in [2.05, 4.69) is 0 Å². The molecule has 0 aliphatic heterocycles. The zero-order valence-corrected chi connectivity index (χ0v) is 10.4. The molecule has 17 heavy (non-hydrogen) atoms. The number of aliphatic hydroxyl groups excluding tert-OH is 1. The Kier molecular flexibility index (Phi) is 5.94. The highest BCUT2D eigenvalue weighted by Crippen LogP contribution is 2.18. The van der Waals surface area contributed by atoms with Crippen LogP contribution in [0.1, 0.15) is 12.5 Å². The second-order valence-electron chi connectivity index (χ2n) is 3.97. The Morgan fingerprint density at radius 1 is 1.35 bits per heavy atom. The van der Waals surface area contributed by atoms with Crippen molar-refractivity contribution in [2.24, 2.45) is 0 Å². The van der Waals surface area contributed by atoms with Crippen LogP contribution in [0.5, 0.6) is 5.75 Å². The van der Waals surface area contributed by atoms with Crippen LogP contribution >= 0.6 is 0 Å². The average molecular weight is 241 g/mol. The van der Waals surface area contributed by atoms with E-state index in [1.165, 1.54) is 6.07 Å². The Morgan fingerprint density at radius 3 is 2.71 bits per heavy atom. The van der Waals surface area contributed by atoms with Gasteiger partial charge in [-0.15, -0.1) is 0 Å². The van der Waals surface area contributed by atoms with Gasteiger partial charge >= 0.3 is 0 Å².